The van der Waals surface area contributed by atoms with Gasteiger partial charge in [-0.15, -0.1) is 11.3 Å². The van der Waals surface area contributed by atoms with Crippen LogP contribution in [-0.2, 0) is 6.54 Å². The molecule has 24 heavy (non-hydrogen) atoms. The van der Waals surface area contributed by atoms with Gasteiger partial charge in [0.2, 0.25) is 0 Å². The van der Waals surface area contributed by atoms with E-state index in [-0.39, 0.29) is 6.03 Å². The number of carbonyl (C=O) groups excluding carboxylic acids is 1. The van der Waals surface area contributed by atoms with Crippen molar-refractivity contribution in [2.45, 2.75) is 6.54 Å². The van der Waals surface area contributed by atoms with Gasteiger partial charge in [-0.05, 0) is 11.5 Å². The number of aromatic nitrogens is 1. The highest BCUT2D eigenvalue weighted by atomic mass is 32.1. The lowest BCUT2D eigenvalue weighted by Crippen LogP contribution is -2.38. The molecule has 5 nitrogen and oxygen atoms in total. The summed E-state index contributed by atoms with van der Waals surface area (Å²) in [6.07, 6.45) is 1.74. The lowest BCUT2D eigenvalue weighted by molar-refractivity contribution is 0.203. The predicted molar refractivity (Wildman–Crippen MR) is 96.4 cm³/mol. The number of thiazole rings is 1. The molecule has 0 aliphatic carbocycles. The predicted octanol–water partition coefficient (Wildman–Crippen LogP) is 3.52. The van der Waals surface area contributed by atoms with Crippen molar-refractivity contribution in [2.24, 2.45) is 0 Å². The fourth-order valence-corrected chi connectivity index (χ4v) is 3.05. The number of fused-ring (bicyclic) bond motifs is 1. The first-order valence-electron chi connectivity index (χ1n) is 7.72. The molecule has 0 aliphatic rings. The van der Waals surface area contributed by atoms with Crippen molar-refractivity contribution in [3.05, 3.63) is 59.0 Å². The van der Waals surface area contributed by atoms with Crippen LogP contribution in [0.1, 0.15) is 5.01 Å². The Labute approximate surface area is 144 Å². The van der Waals surface area contributed by atoms with Gasteiger partial charge in [0.1, 0.15) is 17.4 Å². The van der Waals surface area contributed by atoms with E-state index in [9.17, 15) is 4.79 Å². The molecule has 0 unspecified atom stereocenters. The van der Waals surface area contributed by atoms with Crippen LogP contribution in [0.2, 0.25) is 0 Å². The van der Waals surface area contributed by atoms with Gasteiger partial charge in [-0.2, -0.15) is 0 Å². The van der Waals surface area contributed by atoms with Crippen molar-refractivity contribution in [1.29, 1.82) is 0 Å². The molecule has 6 heteroatoms. The molecule has 1 heterocycles. The maximum Gasteiger partial charge on any atom is 0.317 e. The third-order valence-electron chi connectivity index (χ3n) is 3.59. The van der Waals surface area contributed by atoms with Crippen molar-refractivity contribution in [2.75, 3.05) is 20.2 Å². The lowest BCUT2D eigenvalue weighted by atomic mass is 10.1. The average Bonchev–Trinajstić information content (AvgIpc) is 3.11. The standard InChI is InChI=1S/C18H19N3O2S/c1-21(13-17-19-10-12-24-17)18(22)20-9-11-23-16-8-4-6-14-5-2-3-7-15(14)16/h2-8,10,12H,9,11,13H2,1H3,(H,20,22). The minimum absolute atomic E-state index is 0.133. The highest BCUT2D eigenvalue weighted by Gasteiger charge is 2.09. The average molecular weight is 341 g/mol. The van der Waals surface area contributed by atoms with Crippen LogP contribution >= 0.6 is 11.3 Å². The van der Waals surface area contributed by atoms with Gasteiger partial charge >= 0.3 is 6.03 Å². The zero-order valence-electron chi connectivity index (χ0n) is 13.4. The van der Waals surface area contributed by atoms with Crippen molar-refractivity contribution >= 4 is 28.1 Å². The summed E-state index contributed by atoms with van der Waals surface area (Å²) in [4.78, 5) is 17.8. The van der Waals surface area contributed by atoms with Gasteiger partial charge in [0.05, 0.1) is 13.1 Å². The molecule has 124 valence electrons. The maximum atomic E-state index is 12.0. The van der Waals surface area contributed by atoms with E-state index in [0.29, 0.717) is 19.7 Å². The number of ether oxygens (including phenoxy) is 1. The number of benzene rings is 2. The molecule has 0 bridgehead atoms. The third kappa shape index (κ3) is 4.02. The second kappa shape index (κ2) is 7.79. The van der Waals surface area contributed by atoms with Crippen molar-refractivity contribution in [1.82, 2.24) is 15.2 Å². The summed E-state index contributed by atoms with van der Waals surface area (Å²) in [6, 6.07) is 13.9. The summed E-state index contributed by atoms with van der Waals surface area (Å²) in [7, 11) is 1.75. The maximum absolute atomic E-state index is 12.0. The number of rotatable bonds is 6. The molecular formula is C18H19N3O2S. The monoisotopic (exact) mass is 341 g/mol. The van der Waals surface area contributed by atoms with E-state index in [1.807, 2.05) is 35.7 Å². The third-order valence-corrected chi connectivity index (χ3v) is 4.35. The van der Waals surface area contributed by atoms with Crippen LogP contribution in [0.3, 0.4) is 0 Å². The topological polar surface area (TPSA) is 54.5 Å². The molecule has 2 amide bonds. The number of nitrogens with one attached hydrogen (secondary N) is 1. The minimum atomic E-state index is -0.133. The summed E-state index contributed by atoms with van der Waals surface area (Å²) in [5.41, 5.74) is 0. The fraction of sp³-hybridized carbons (Fsp3) is 0.222. The Kier molecular flexibility index (Phi) is 5.28. The van der Waals surface area contributed by atoms with Crippen LogP contribution < -0.4 is 10.1 Å². The second-order valence-corrected chi connectivity index (χ2v) is 6.32. The quantitative estimate of drug-likeness (QED) is 0.698. The molecule has 1 N–H and O–H groups in total. The van der Waals surface area contributed by atoms with Crippen LogP contribution in [0.4, 0.5) is 4.79 Å². The summed E-state index contributed by atoms with van der Waals surface area (Å²) in [5.74, 6) is 0.832. The zero-order chi connectivity index (χ0) is 16.8. The number of hydrogen-bond acceptors (Lipinski definition) is 4. The lowest BCUT2D eigenvalue weighted by Gasteiger charge is -2.17. The molecule has 3 aromatic rings. The van der Waals surface area contributed by atoms with E-state index in [2.05, 4.69) is 22.4 Å². The Morgan fingerprint density at radius 3 is 2.92 bits per heavy atom. The molecule has 0 spiro atoms. The molecule has 0 aliphatic heterocycles. The van der Waals surface area contributed by atoms with Gasteiger partial charge < -0.3 is 15.0 Å². The summed E-state index contributed by atoms with van der Waals surface area (Å²) in [6.45, 7) is 1.38. The van der Waals surface area contributed by atoms with Gasteiger partial charge in [0, 0.05) is 24.0 Å². The van der Waals surface area contributed by atoms with E-state index >= 15 is 0 Å². The number of carbonyl (C=O) groups is 1. The van der Waals surface area contributed by atoms with E-state index in [4.69, 9.17) is 4.74 Å². The highest BCUT2D eigenvalue weighted by molar-refractivity contribution is 7.09. The molecule has 3 rings (SSSR count). The first-order valence-corrected chi connectivity index (χ1v) is 8.60. The SMILES string of the molecule is CN(Cc1nccs1)C(=O)NCCOc1cccc2ccccc12. The van der Waals surface area contributed by atoms with Gasteiger partial charge in [0.25, 0.3) is 0 Å². The van der Waals surface area contributed by atoms with E-state index in [0.717, 1.165) is 21.5 Å². The number of amides is 2. The zero-order valence-corrected chi connectivity index (χ0v) is 14.3. The summed E-state index contributed by atoms with van der Waals surface area (Å²) >= 11 is 1.54. The van der Waals surface area contributed by atoms with E-state index in [1.54, 1.807) is 18.1 Å². The number of urea groups is 1. The molecule has 0 saturated heterocycles. The van der Waals surface area contributed by atoms with Crippen LogP contribution in [0, 0.1) is 0 Å². The minimum Gasteiger partial charge on any atom is -0.491 e. The molecule has 0 atom stereocenters. The van der Waals surface area contributed by atoms with Crippen LogP contribution in [-0.4, -0.2) is 36.1 Å². The Balaban J connectivity index is 1.47. The molecule has 2 aromatic carbocycles. The van der Waals surface area contributed by atoms with Gasteiger partial charge in [-0.1, -0.05) is 36.4 Å². The van der Waals surface area contributed by atoms with Crippen molar-refractivity contribution < 1.29 is 9.53 Å². The Morgan fingerprint density at radius 2 is 2.08 bits per heavy atom. The largest absolute Gasteiger partial charge is 0.491 e. The molecule has 1 aromatic heterocycles. The van der Waals surface area contributed by atoms with Crippen LogP contribution in [0.25, 0.3) is 10.8 Å². The molecular weight excluding hydrogens is 322 g/mol. The fourth-order valence-electron chi connectivity index (χ4n) is 2.38. The molecule has 0 saturated carbocycles. The molecule has 0 fully saturated rings. The van der Waals surface area contributed by atoms with Crippen molar-refractivity contribution in [3.8, 4) is 5.75 Å². The van der Waals surface area contributed by atoms with Crippen molar-refractivity contribution in [3.63, 3.8) is 0 Å². The summed E-state index contributed by atoms with van der Waals surface area (Å²) in [5, 5.41) is 7.89. The van der Waals surface area contributed by atoms with Gasteiger partial charge in [-0.3, -0.25) is 0 Å². The number of nitrogens with zero attached hydrogens (tertiary/aromatic N) is 2. The molecule has 0 radical (unpaired) electrons. The van der Waals surface area contributed by atoms with Gasteiger partial charge in [-0.25, -0.2) is 9.78 Å². The van der Waals surface area contributed by atoms with Gasteiger partial charge in [0.15, 0.2) is 0 Å². The normalized spacial score (nSPS) is 10.5. The van der Waals surface area contributed by atoms with E-state index in [1.165, 1.54) is 11.3 Å². The smallest absolute Gasteiger partial charge is 0.317 e. The van der Waals surface area contributed by atoms with E-state index < -0.39 is 0 Å². The summed E-state index contributed by atoms with van der Waals surface area (Å²) < 4.78 is 5.81. The number of hydrogen-bond donors (Lipinski definition) is 1. The first kappa shape index (κ1) is 16.3. The Hall–Kier alpha value is -2.60. The first-order chi connectivity index (χ1) is 11.7. The highest BCUT2D eigenvalue weighted by Crippen LogP contribution is 2.24. The van der Waals surface area contributed by atoms with Crippen LogP contribution in [0.5, 0.6) is 5.75 Å². The Bertz CT molecular complexity index is 800. The second-order valence-electron chi connectivity index (χ2n) is 5.34. The Morgan fingerprint density at radius 1 is 1.25 bits per heavy atom. The van der Waals surface area contributed by atoms with Crippen LogP contribution in [0.15, 0.2) is 54.0 Å².